The molecule has 2 aliphatic carbocycles. The number of ether oxygens (including phenoxy) is 2. The third-order valence-electron chi connectivity index (χ3n) is 5.36. The van der Waals surface area contributed by atoms with Crippen LogP contribution in [0.5, 0.6) is 0 Å². The van der Waals surface area contributed by atoms with E-state index in [1.165, 1.54) is 0 Å². The molecular formula is C14H18F3N3O3. The largest absolute Gasteiger partial charge is 0.522 e. The number of nitrogens with zero attached hydrogens (tertiary/aromatic N) is 2. The summed E-state index contributed by atoms with van der Waals surface area (Å²) in [4.78, 5) is 0. The van der Waals surface area contributed by atoms with Crippen LogP contribution in [0.15, 0.2) is 4.42 Å². The molecule has 128 valence electrons. The fraction of sp³-hybridized carbons (Fsp3) is 0.857. The highest BCUT2D eigenvalue weighted by Crippen LogP contribution is 2.53. The van der Waals surface area contributed by atoms with Gasteiger partial charge in [0.1, 0.15) is 5.60 Å². The molecule has 3 fully saturated rings. The van der Waals surface area contributed by atoms with Crippen LogP contribution in [-0.2, 0) is 15.1 Å². The Morgan fingerprint density at radius 1 is 1.26 bits per heavy atom. The van der Waals surface area contributed by atoms with Crippen LogP contribution >= 0.6 is 0 Å². The molecule has 2 saturated carbocycles. The van der Waals surface area contributed by atoms with Gasteiger partial charge in [-0.3, -0.25) is 4.74 Å². The Bertz CT molecular complexity index is 590. The molecule has 9 heteroatoms. The molecule has 23 heavy (non-hydrogen) atoms. The standard InChI is InChI=1S/C14H18F3N3O3/c1-18-12-2-3-13(6-12,21-7-12)11-20-19-10(22-11)8-4-9(5-8)23-14(15,16)17/h8-9,18H,2-7H2,1H3. The van der Waals surface area contributed by atoms with Gasteiger partial charge in [-0.2, -0.15) is 0 Å². The van der Waals surface area contributed by atoms with E-state index in [2.05, 4.69) is 20.3 Å². The molecule has 4 rings (SSSR count). The van der Waals surface area contributed by atoms with Crippen LogP contribution in [-0.4, -0.2) is 41.9 Å². The Labute approximate surface area is 130 Å². The zero-order valence-electron chi connectivity index (χ0n) is 12.7. The molecule has 2 unspecified atom stereocenters. The summed E-state index contributed by atoms with van der Waals surface area (Å²) >= 11 is 0. The number of hydrogen-bond acceptors (Lipinski definition) is 6. The van der Waals surface area contributed by atoms with E-state index < -0.39 is 18.1 Å². The number of fused-ring (bicyclic) bond motifs is 2. The lowest BCUT2D eigenvalue weighted by atomic mass is 9.82. The average Bonchev–Trinajstić information content (AvgIpc) is 3.15. The van der Waals surface area contributed by atoms with Gasteiger partial charge in [0.05, 0.1) is 12.7 Å². The second-order valence-electron chi connectivity index (χ2n) is 6.79. The summed E-state index contributed by atoms with van der Waals surface area (Å²) in [7, 11) is 1.92. The summed E-state index contributed by atoms with van der Waals surface area (Å²) in [5.74, 6) is 0.660. The van der Waals surface area contributed by atoms with Crippen molar-refractivity contribution >= 4 is 0 Å². The number of rotatable bonds is 4. The van der Waals surface area contributed by atoms with Crippen LogP contribution in [0.3, 0.4) is 0 Å². The predicted octanol–water partition coefficient (Wildman–Crippen LogP) is 2.22. The Hall–Kier alpha value is -1.19. The molecule has 2 bridgehead atoms. The van der Waals surface area contributed by atoms with Gasteiger partial charge in [0, 0.05) is 17.9 Å². The lowest BCUT2D eigenvalue weighted by molar-refractivity contribution is -0.352. The van der Waals surface area contributed by atoms with Crippen LogP contribution in [0.25, 0.3) is 0 Å². The zero-order chi connectivity index (χ0) is 16.3. The van der Waals surface area contributed by atoms with Crippen molar-refractivity contribution in [1.82, 2.24) is 15.5 Å². The summed E-state index contributed by atoms with van der Waals surface area (Å²) in [6.07, 6.45) is -2.36. The van der Waals surface area contributed by atoms with Crippen molar-refractivity contribution in [3.8, 4) is 0 Å². The lowest BCUT2D eigenvalue weighted by Gasteiger charge is -2.33. The van der Waals surface area contributed by atoms with E-state index in [4.69, 9.17) is 9.15 Å². The highest BCUT2D eigenvalue weighted by molar-refractivity contribution is 5.16. The first kappa shape index (κ1) is 15.3. The molecule has 1 aliphatic heterocycles. The molecule has 0 amide bonds. The van der Waals surface area contributed by atoms with E-state index in [1.54, 1.807) is 0 Å². The summed E-state index contributed by atoms with van der Waals surface area (Å²) in [5.41, 5.74) is -0.573. The van der Waals surface area contributed by atoms with Crippen LogP contribution < -0.4 is 5.32 Å². The lowest BCUT2D eigenvalue weighted by Crippen LogP contribution is -2.41. The van der Waals surface area contributed by atoms with Gasteiger partial charge in [0.15, 0.2) is 0 Å². The quantitative estimate of drug-likeness (QED) is 0.911. The number of hydrogen-bond donors (Lipinski definition) is 1. The van der Waals surface area contributed by atoms with Crippen LogP contribution in [0, 0.1) is 0 Å². The van der Waals surface area contributed by atoms with Crippen molar-refractivity contribution in [2.24, 2.45) is 0 Å². The number of halogens is 3. The third-order valence-corrected chi connectivity index (χ3v) is 5.36. The van der Waals surface area contributed by atoms with Gasteiger partial charge in [0.2, 0.25) is 11.8 Å². The summed E-state index contributed by atoms with van der Waals surface area (Å²) < 4.78 is 52.1. The molecule has 0 spiro atoms. The first-order chi connectivity index (χ1) is 10.8. The van der Waals surface area contributed by atoms with Gasteiger partial charge in [-0.05, 0) is 32.7 Å². The number of alkyl halides is 3. The molecule has 2 atom stereocenters. The molecule has 0 radical (unpaired) electrons. The maximum Gasteiger partial charge on any atom is 0.522 e. The van der Waals surface area contributed by atoms with Crippen molar-refractivity contribution in [1.29, 1.82) is 0 Å². The topological polar surface area (TPSA) is 69.4 Å². The highest BCUT2D eigenvalue weighted by Gasteiger charge is 2.59. The van der Waals surface area contributed by atoms with E-state index in [0.717, 1.165) is 19.3 Å². The van der Waals surface area contributed by atoms with E-state index in [0.29, 0.717) is 18.4 Å². The van der Waals surface area contributed by atoms with Gasteiger partial charge in [0.25, 0.3) is 0 Å². The van der Waals surface area contributed by atoms with Crippen molar-refractivity contribution in [3.63, 3.8) is 0 Å². The number of nitrogens with one attached hydrogen (secondary N) is 1. The van der Waals surface area contributed by atoms with Gasteiger partial charge in [-0.25, -0.2) is 0 Å². The molecule has 1 saturated heterocycles. The second-order valence-corrected chi connectivity index (χ2v) is 6.79. The SMILES string of the molecule is CNC12CCC(c3nnc(C4CC(OC(F)(F)F)C4)o3)(C1)OC2. The molecular weight excluding hydrogens is 315 g/mol. The van der Waals surface area contributed by atoms with E-state index in [1.807, 2.05) is 7.05 Å². The van der Waals surface area contributed by atoms with Gasteiger partial charge in [-0.1, -0.05) is 0 Å². The smallest absolute Gasteiger partial charge is 0.422 e. The van der Waals surface area contributed by atoms with E-state index >= 15 is 0 Å². The average molecular weight is 333 g/mol. The Kier molecular flexibility index (Phi) is 3.27. The van der Waals surface area contributed by atoms with Crippen LogP contribution in [0.1, 0.15) is 49.8 Å². The number of likely N-dealkylation sites (N-methyl/N-ethyl adjacent to an activating group) is 1. The minimum absolute atomic E-state index is 0.0310. The summed E-state index contributed by atoms with van der Waals surface area (Å²) in [5, 5.41) is 11.4. The Morgan fingerprint density at radius 2 is 2.04 bits per heavy atom. The fourth-order valence-electron chi connectivity index (χ4n) is 3.85. The minimum Gasteiger partial charge on any atom is -0.422 e. The van der Waals surface area contributed by atoms with Crippen molar-refractivity contribution < 1.29 is 27.1 Å². The van der Waals surface area contributed by atoms with E-state index in [9.17, 15) is 13.2 Å². The maximum atomic E-state index is 12.1. The summed E-state index contributed by atoms with van der Waals surface area (Å²) in [6.45, 7) is 0.603. The first-order valence-electron chi connectivity index (χ1n) is 7.74. The van der Waals surface area contributed by atoms with Crippen molar-refractivity contribution in [2.45, 2.75) is 61.6 Å². The summed E-state index contributed by atoms with van der Waals surface area (Å²) in [6, 6.07) is 0. The van der Waals surface area contributed by atoms with E-state index in [-0.39, 0.29) is 24.3 Å². The van der Waals surface area contributed by atoms with Gasteiger partial charge in [-0.15, -0.1) is 23.4 Å². The normalized spacial score (nSPS) is 39.7. The third kappa shape index (κ3) is 2.54. The Morgan fingerprint density at radius 3 is 2.61 bits per heavy atom. The molecule has 1 aromatic rings. The Balaban J connectivity index is 1.42. The fourth-order valence-corrected chi connectivity index (χ4v) is 3.85. The minimum atomic E-state index is -4.59. The predicted molar refractivity (Wildman–Crippen MR) is 70.5 cm³/mol. The van der Waals surface area contributed by atoms with Gasteiger partial charge < -0.3 is 14.5 Å². The molecule has 1 N–H and O–H groups in total. The van der Waals surface area contributed by atoms with Crippen LogP contribution in [0.4, 0.5) is 13.2 Å². The van der Waals surface area contributed by atoms with Gasteiger partial charge >= 0.3 is 6.36 Å². The number of aromatic nitrogens is 2. The second kappa shape index (κ2) is 4.90. The highest BCUT2D eigenvalue weighted by atomic mass is 19.4. The maximum absolute atomic E-state index is 12.1. The first-order valence-corrected chi connectivity index (χ1v) is 7.74. The molecule has 3 aliphatic rings. The zero-order valence-corrected chi connectivity index (χ0v) is 12.7. The monoisotopic (exact) mass is 333 g/mol. The molecule has 0 aromatic carbocycles. The molecule has 6 nitrogen and oxygen atoms in total. The van der Waals surface area contributed by atoms with Crippen molar-refractivity contribution in [3.05, 3.63) is 11.8 Å². The van der Waals surface area contributed by atoms with Crippen molar-refractivity contribution in [2.75, 3.05) is 13.7 Å². The molecule has 2 heterocycles. The molecule has 1 aromatic heterocycles. The van der Waals surface area contributed by atoms with Crippen LogP contribution in [0.2, 0.25) is 0 Å².